The lowest BCUT2D eigenvalue weighted by Gasteiger charge is -2.33. The maximum atomic E-state index is 12.4. The molecule has 0 saturated carbocycles. The van der Waals surface area contributed by atoms with Crippen LogP contribution in [-0.2, 0) is 18.4 Å². The van der Waals surface area contributed by atoms with Crippen LogP contribution in [0.15, 0.2) is 30.3 Å². The molecule has 3 heterocycles. The molecule has 2 fully saturated rings. The maximum absolute atomic E-state index is 12.4. The number of anilines is 1. The van der Waals surface area contributed by atoms with E-state index >= 15 is 0 Å². The molecule has 1 unspecified atom stereocenters. The maximum Gasteiger partial charge on any atom is 0.227 e. The SMILES string of the molecule is Cn1c(CO)nnc1C1CCN(CC2CC(=O)N(c3ccccc3)C2)CC1. The summed E-state index contributed by atoms with van der Waals surface area (Å²) in [6.07, 6.45) is 2.72. The molecule has 2 aliphatic rings. The normalized spacial score (nSPS) is 21.9. The van der Waals surface area contributed by atoms with Gasteiger partial charge in [-0.2, -0.15) is 0 Å². The third-order valence-corrected chi connectivity index (χ3v) is 5.88. The zero-order valence-electron chi connectivity index (χ0n) is 15.8. The minimum absolute atomic E-state index is 0.0734. The highest BCUT2D eigenvalue weighted by Crippen LogP contribution is 2.29. The van der Waals surface area contributed by atoms with Crippen molar-refractivity contribution in [3.8, 4) is 0 Å². The van der Waals surface area contributed by atoms with E-state index in [1.165, 1.54) is 0 Å². The molecule has 7 nitrogen and oxygen atoms in total. The predicted octanol–water partition coefficient (Wildman–Crippen LogP) is 1.54. The molecule has 2 aromatic rings. The summed E-state index contributed by atoms with van der Waals surface area (Å²) in [5.41, 5.74) is 1.01. The highest BCUT2D eigenvalue weighted by Gasteiger charge is 2.33. The molecule has 1 amide bonds. The molecule has 4 rings (SSSR count). The fourth-order valence-electron chi connectivity index (χ4n) is 4.37. The minimum atomic E-state index is -0.0734. The predicted molar refractivity (Wildman–Crippen MR) is 102 cm³/mol. The van der Waals surface area contributed by atoms with Crippen LogP contribution in [-0.4, -0.2) is 56.9 Å². The number of nitrogens with zero attached hydrogens (tertiary/aromatic N) is 5. The van der Waals surface area contributed by atoms with E-state index in [0.29, 0.717) is 24.1 Å². The first-order valence-electron chi connectivity index (χ1n) is 9.72. The second-order valence-corrected chi connectivity index (χ2v) is 7.68. The van der Waals surface area contributed by atoms with E-state index in [-0.39, 0.29) is 12.5 Å². The summed E-state index contributed by atoms with van der Waals surface area (Å²) < 4.78 is 1.92. The number of hydrogen-bond acceptors (Lipinski definition) is 5. The molecule has 144 valence electrons. The van der Waals surface area contributed by atoms with Crippen molar-refractivity contribution < 1.29 is 9.90 Å². The largest absolute Gasteiger partial charge is 0.388 e. The Hall–Kier alpha value is -2.25. The Labute approximate surface area is 159 Å². The molecular weight excluding hydrogens is 342 g/mol. The van der Waals surface area contributed by atoms with Gasteiger partial charge in [0.25, 0.3) is 0 Å². The fourth-order valence-corrected chi connectivity index (χ4v) is 4.37. The summed E-state index contributed by atoms with van der Waals surface area (Å²) in [4.78, 5) is 16.8. The molecule has 1 aromatic carbocycles. The van der Waals surface area contributed by atoms with Gasteiger partial charge in [-0.3, -0.25) is 4.79 Å². The van der Waals surface area contributed by atoms with E-state index in [1.54, 1.807) is 0 Å². The molecule has 0 radical (unpaired) electrons. The standard InChI is InChI=1S/C20H27N5O2/c1-23-18(14-26)21-22-20(23)16-7-9-24(10-8-16)12-15-11-19(27)25(13-15)17-5-3-2-4-6-17/h2-6,15-16,26H,7-14H2,1H3. The van der Waals surface area contributed by atoms with Crippen molar-refractivity contribution in [2.45, 2.75) is 31.8 Å². The van der Waals surface area contributed by atoms with E-state index in [9.17, 15) is 9.90 Å². The quantitative estimate of drug-likeness (QED) is 0.865. The third-order valence-electron chi connectivity index (χ3n) is 5.88. The van der Waals surface area contributed by atoms with Crippen LogP contribution in [0.25, 0.3) is 0 Å². The van der Waals surface area contributed by atoms with Gasteiger partial charge in [0.2, 0.25) is 5.91 Å². The number of likely N-dealkylation sites (tertiary alicyclic amines) is 1. The van der Waals surface area contributed by atoms with Gasteiger partial charge >= 0.3 is 0 Å². The van der Waals surface area contributed by atoms with Gasteiger partial charge in [-0.05, 0) is 44.0 Å². The number of carbonyl (C=O) groups excluding carboxylic acids is 1. The number of hydrogen-bond donors (Lipinski definition) is 1. The molecule has 27 heavy (non-hydrogen) atoms. The second kappa shape index (κ2) is 7.78. The Bertz CT molecular complexity index is 783. The van der Waals surface area contributed by atoms with Crippen LogP contribution in [0.4, 0.5) is 5.69 Å². The minimum Gasteiger partial charge on any atom is -0.388 e. The Morgan fingerprint density at radius 2 is 1.89 bits per heavy atom. The van der Waals surface area contributed by atoms with Crippen LogP contribution in [0.1, 0.15) is 36.8 Å². The van der Waals surface area contributed by atoms with Gasteiger partial charge in [0.05, 0.1) is 0 Å². The van der Waals surface area contributed by atoms with Crippen LogP contribution in [0, 0.1) is 5.92 Å². The fraction of sp³-hybridized carbons (Fsp3) is 0.550. The molecule has 7 heteroatoms. The first-order chi connectivity index (χ1) is 13.2. The van der Waals surface area contributed by atoms with E-state index in [2.05, 4.69) is 15.1 Å². The molecule has 0 aliphatic carbocycles. The molecule has 1 atom stereocenters. The van der Waals surface area contributed by atoms with Crippen molar-refractivity contribution in [3.05, 3.63) is 42.0 Å². The van der Waals surface area contributed by atoms with E-state index < -0.39 is 0 Å². The van der Waals surface area contributed by atoms with E-state index in [0.717, 1.165) is 50.5 Å². The Morgan fingerprint density at radius 1 is 1.15 bits per heavy atom. The Balaban J connectivity index is 1.31. The van der Waals surface area contributed by atoms with Crippen molar-refractivity contribution in [2.75, 3.05) is 31.1 Å². The van der Waals surface area contributed by atoms with Crippen LogP contribution < -0.4 is 4.90 Å². The van der Waals surface area contributed by atoms with Crippen molar-refractivity contribution in [1.82, 2.24) is 19.7 Å². The summed E-state index contributed by atoms with van der Waals surface area (Å²) in [5.74, 6) is 2.62. The highest BCUT2D eigenvalue weighted by atomic mass is 16.3. The Kier molecular flexibility index (Phi) is 5.22. The van der Waals surface area contributed by atoms with Gasteiger partial charge in [0.1, 0.15) is 12.4 Å². The van der Waals surface area contributed by atoms with Crippen LogP contribution in [0.3, 0.4) is 0 Å². The second-order valence-electron chi connectivity index (χ2n) is 7.68. The zero-order valence-corrected chi connectivity index (χ0v) is 15.8. The Morgan fingerprint density at radius 3 is 2.56 bits per heavy atom. The molecule has 1 aromatic heterocycles. The number of aliphatic hydroxyl groups is 1. The summed E-state index contributed by atoms with van der Waals surface area (Å²) in [7, 11) is 1.93. The third kappa shape index (κ3) is 3.75. The van der Waals surface area contributed by atoms with Gasteiger partial charge in [0.15, 0.2) is 5.82 Å². The molecule has 0 spiro atoms. The number of aromatic nitrogens is 3. The van der Waals surface area contributed by atoms with E-state index in [1.807, 2.05) is 46.8 Å². The molecule has 2 aliphatic heterocycles. The number of para-hydroxylation sites is 1. The van der Waals surface area contributed by atoms with Gasteiger partial charge in [0, 0.05) is 38.2 Å². The lowest BCUT2D eigenvalue weighted by atomic mass is 9.95. The van der Waals surface area contributed by atoms with Crippen molar-refractivity contribution >= 4 is 11.6 Å². The van der Waals surface area contributed by atoms with Crippen LogP contribution in [0.2, 0.25) is 0 Å². The first-order valence-corrected chi connectivity index (χ1v) is 9.72. The van der Waals surface area contributed by atoms with Gasteiger partial charge < -0.3 is 19.5 Å². The van der Waals surface area contributed by atoms with Crippen LogP contribution in [0.5, 0.6) is 0 Å². The summed E-state index contributed by atoms with van der Waals surface area (Å²) in [5, 5.41) is 17.6. The molecule has 0 bridgehead atoms. The number of piperidine rings is 1. The first kappa shape index (κ1) is 18.1. The number of amides is 1. The van der Waals surface area contributed by atoms with Gasteiger partial charge in [-0.1, -0.05) is 18.2 Å². The molecule has 1 N–H and O–H groups in total. The average Bonchev–Trinajstić information content (AvgIpc) is 3.25. The molecular formula is C20H27N5O2. The average molecular weight is 369 g/mol. The number of rotatable bonds is 5. The summed E-state index contributed by atoms with van der Waals surface area (Å²) >= 11 is 0. The highest BCUT2D eigenvalue weighted by molar-refractivity contribution is 5.95. The van der Waals surface area contributed by atoms with Crippen LogP contribution >= 0.6 is 0 Å². The van der Waals surface area contributed by atoms with E-state index in [4.69, 9.17) is 0 Å². The van der Waals surface area contributed by atoms with Gasteiger partial charge in [-0.25, -0.2) is 0 Å². The summed E-state index contributed by atoms with van der Waals surface area (Å²) in [6.45, 7) is 3.74. The monoisotopic (exact) mass is 369 g/mol. The number of aliphatic hydroxyl groups excluding tert-OH is 1. The zero-order chi connectivity index (χ0) is 18.8. The lowest BCUT2D eigenvalue weighted by Crippen LogP contribution is -2.37. The lowest BCUT2D eigenvalue weighted by molar-refractivity contribution is -0.117. The summed E-state index contributed by atoms with van der Waals surface area (Å²) in [6, 6.07) is 9.96. The molecule has 2 saturated heterocycles. The van der Waals surface area contributed by atoms with Crippen molar-refractivity contribution in [1.29, 1.82) is 0 Å². The number of benzene rings is 1. The van der Waals surface area contributed by atoms with Crippen molar-refractivity contribution in [2.24, 2.45) is 13.0 Å². The number of carbonyl (C=O) groups is 1. The van der Waals surface area contributed by atoms with Gasteiger partial charge in [-0.15, -0.1) is 10.2 Å². The topological polar surface area (TPSA) is 74.5 Å². The smallest absolute Gasteiger partial charge is 0.227 e. The van der Waals surface area contributed by atoms with Crippen molar-refractivity contribution in [3.63, 3.8) is 0 Å².